The van der Waals surface area contributed by atoms with Crippen molar-refractivity contribution in [3.8, 4) is 22.7 Å². The van der Waals surface area contributed by atoms with Crippen molar-refractivity contribution < 1.29 is 17.9 Å². The molecular formula is C21H16F3N3O3S. The van der Waals surface area contributed by atoms with Crippen molar-refractivity contribution in [2.45, 2.75) is 20.0 Å². The second-order valence-corrected chi connectivity index (χ2v) is 7.79. The van der Waals surface area contributed by atoms with Crippen LogP contribution in [0, 0.1) is 13.8 Å². The fourth-order valence-corrected chi connectivity index (χ4v) is 4.16. The van der Waals surface area contributed by atoms with Gasteiger partial charge in [-0.05, 0) is 61.3 Å². The summed E-state index contributed by atoms with van der Waals surface area (Å²) in [7, 11) is 1.54. The van der Waals surface area contributed by atoms with E-state index < -0.39 is 28.7 Å². The molecule has 31 heavy (non-hydrogen) atoms. The zero-order valence-electron chi connectivity index (χ0n) is 16.6. The van der Waals surface area contributed by atoms with Crippen LogP contribution in [-0.2, 0) is 6.18 Å². The van der Waals surface area contributed by atoms with Gasteiger partial charge in [-0.3, -0.25) is 4.79 Å². The summed E-state index contributed by atoms with van der Waals surface area (Å²) >= 11 is 1.23. The Bertz CT molecular complexity index is 1430. The van der Waals surface area contributed by atoms with Crippen molar-refractivity contribution >= 4 is 21.6 Å². The Morgan fingerprint density at radius 2 is 1.84 bits per heavy atom. The maximum absolute atomic E-state index is 13.1. The molecule has 6 nitrogen and oxygen atoms in total. The number of aromatic nitrogens is 3. The molecule has 0 saturated carbocycles. The van der Waals surface area contributed by atoms with E-state index in [9.17, 15) is 22.8 Å². The van der Waals surface area contributed by atoms with E-state index in [0.29, 0.717) is 21.4 Å². The molecule has 0 aliphatic rings. The number of aromatic amines is 1. The zero-order chi connectivity index (χ0) is 22.5. The molecule has 0 bridgehead atoms. The normalized spacial score (nSPS) is 11.8. The van der Waals surface area contributed by atoms with Gasteiger partial charge in [-0.25, -0.2) is 9.36 Å². The number of aryl methyl sites for hydroxylation is 1. The van der Waals surface area contributed by atoms with Crippen molar-refractivity contribution in [2.24, 2.45) is 0 Å². The molecule has 2 aromatic heterocycles. The molecule has 0 aliphatic heterocycles. The Hall–Kier alpha value is -3.40. The summed E-state index contributed by atoms with van der Waals surface area (Å²) in [6.07, 6.45) is -4.84. The van der Waals surface area contributed by atoms with Crippen LogP contribution in [0.5, 0.6) is 5.75 Å². The van der Waals surface area contributed by atoms with Crippen LogP contribution < -0.4 is 16.0 Å². The van der Waals surface area contributed by atoms with E-state index in [2.05, 4.69) is 4.37 Å². The molecule has 0 spiro atoms. The first kappa shape index (κ1) is 20.9. The summed E-state index contributed by atoms with van der Waals surface area (Å²) in [5.74, 6) is 0.609. The summed E-state index contributed by atoms with van der Waals surface area (Å²) in [6, 6.07) is 10.4. The van der Waals surface area contributed by atoms with Crippen LogP contribution in [0.15, 0.2) is 46.0 Å². The quantitative estimate of drug-likeness (QED) is 0.504. The number of nitrogens with one attached hydrogen (secondary N) is 1. The highest BCUT2D eigenvalue weighted by atomic mass is 32.1. The second kappa shape index (κ2) is 7.38. The van der Waals surface area contributed by atoms with Gasteiger partial charge in [0.2, 0.25) is 0 Å². The molecule has 2 aromatic carbocycles. The van der Waals surface area contributed by atoms with Crippen LogP contribution >= 0.6 is 11.5 Å². The topological polar surface area (TPSA) is 77.0 Å². The van der Waals surface area contributed by atoms with Gasteiger partial charge in [0.25, 0.3) is 5.56 Å². The first-order valence-electron chi connectivity index (χ1n) is 9.09. The Balaban J connectivity index is 1.95. The Morgan fingerprint density at radius 3 is 2.52 bits per heavy atom. The number of ether oxygens (including phenoxy) is 1. The molecular weight excluding hydrogens is 431 g/mol. The largest absolute Gasteiger partial charge is 0.496 e. The SMILES string of the molecule is COc1cc(C)ccc1-c1nsc2ccc(-n3c(=O)[nH]c(C(F)(F)F)c(C)c3=O)cc12. The predicted octanol–water partition coefficient (Wildman–Crippen LogP) is 4.45. The maximum atomic E-state index is 13.1. The number of hydrogen-bond acceptors (Lipinski definition) is 5. The first-order chi connectivity index (χ1) is 14.6. The molecule has 10 heteroatoms. The smallest absolute Gasteiger partial charge is 0.431 e. The second-order valence-electron chi connectivity index (χ2n) is 6.98. The van der Waals surface area contributed by atoms with Crippen LogP contribution in [0.25, 0.3) is 27.0 Å². The number of halogens is 3. The summed E-state index contributed by atoms with van der Waals surface area (Å²) in [5.41, 5.74) is -1.68. The molecule has 0 radical (unpaired) electrons. The summed E-state index contributed by atoms with van der Waals surface area (Å²) in [5, 5.41) is 0.647. The summed E-state index contributed by atoms with van der Waals surface area (Å²) < 4.78 is 50.8. The molecule has 1 N–H and O–H groups in total. The molecule has 4 rings (SSSR count). The number of H-pyrrole nitrogens is 1. The minimum absolute atomic E-state index is 0.142. The van der Waals surface area contributed by atoms with Gasteiger partial charge in [-0.2, -0.15) is 17.5 Å². The summed E-state index contributed by atoms with van der Waals surface area (Å²) in [4.78, 5) is 26.8. The Morgan fingerprint density at radius 1 is 1.10 bits per heavy atom. The number of benzene rings is 2. The van der Waals surface area contributed by atoms with Crippen molar-refractivity contribution in [3.63, 3.8) is 0 Å². The lowest BCUT2D eigenvalue weighted by Gasteiger charge is -2.12. The van der Waals surface area contributed by atoms with E-state index in [0.717, 1.165) is 22.8 Å². The lowest BCUT2D eigenvalue weighted by atomic mass is 10.0. The van der Waals surface area contributed by atoms with Gasteiger partial charge in [-0.15, -0.1) is 0 Å². The van der Waals surface area contributed by atoms with Gasteiger partial charge in [0.15, 0.2) is 0 Å². The molecule has 2 heterocycles. The standard InChI is InChI=1S/C21H16F3N3O3S/c1-10-4-6-13(15(8-10)30-3)17-14-9-12(5-7-16(14)31-26-17)27-19(28)11(2)18(21(22,23)24)25-20(27)29/h4-9H,1-3H3,(H,25,29). The van der Waals surface area contributed by atoms with E-state index in [1.807, 2.05) is 25.1 Å². The molecule has 160 valence electrons. The number of hydrogen-bond donors (Lipinski definition) is 1. The average molecular weight is 447 g/mol. The zero-order valence-corrected chi connectivity index (χ0v) is 17.4. The van der Waals surface area contributed by atoms with E-state index in [4.69, 9.17) is 4.74 Å². The Kier molecular flexibility index (Phi) is 4.97. The number of alkyl halides is 3. The maximum Gasteiger partial charge on any atom is 0.431 e. The van der Waals surface area contributed by atoms with Gasteiger partial charge >= 0.3 is 11.9 Å². The molecule has 0 amide bonds. The van der Waals surface area contributed by atoms with Gasteiger partial charge < -0.3 is 9.72 Å². The highest BCUT2D eigenvalue weighted by Gasteiger charge is 2.35. The molecule has 0 fully saturated rings. The predicted molar refractivity (Wildman–Crippen MR) is 112 cm³/mol. The number of fused-ring (bicyclic) bond motifs is 1. The number of rotatable bonds is 3. The lowest BCUT2D eigenvalue weighted by molar-refractivity contribution is -0.142. The van der Waals surface area contributed by atoms with Crippen LogP contribution in [-0.4, -0.2) is 21.0 Å². The molecule has 4 aromatic rings. The third kappa shape index (κ3) is 3.52. The van der Waals surface area contributed by atoms with Crippen LogP contribution in [0.2, 0.25) is 0 Å². The van der Waals surface area contributed by atoms with Crippen molar-refractivity contribution in [3.05, 3.63) is 74.1 Å². The fourth-order valence-electron chi connectivity index (χ4n) is 3.40. The van der Waals surface area contributed by atoms with Crippen molar-refractivity contribution in [2.75, 3.05) is 7.11 Å². The third-order valence-corrected chi connectivity index (χ3v) is 5.77. The fraction of sp³-hybridized carbons (Fsp3) is 0.190. The van der Waals surface area contributed by atoms with Gasteiger partial charge in [0, 0.05) is 16.5 Å². The molecule has 0 unspecified atom stereocenters. The van der Waals surface area contributed by atoms with E-state index in [-0.39, 0.29) is 5.69 Å². The first-order valence-corrected chi connectivity index (χ1v) is 9.87. The minimum atomic E-state index is -4.84. The highest BCUT2D eigenvalue weighted by Crippen LogP contribution is 2.37. The monoisotopic (exact) mass is 447 g/mol. The van der Waals surface area contributed by atoms with Gasteiger partial charge in [-0.1, -0.05) is 6.07 Å². The van der Waals surface area contributed by atoms with Crippen LogP contribution in [0.3, 0.4) is 0 Å². The third-order valence-electron chi connectivity index (χ3n) is 4.94. The van der Waals surface area contributed by atoms with E-state index in [1.165, 1.54) is 17.6 Å². The van der Waals surface area contributed by atoms with E-state index >= 15 is 0 Å². The number of methoxy groups -OCH3 is 1. The summed E-state index contributed by atoms with van der Waals surface area (Å²) in [6.45, 7) is 2.96. The highest BCUT2D eigenvalue weighted by molar-refractivity contribution is 7.13. The lowest BCUT2D eigenvalue weighted by Crippen LogP contribution is -2.38. The van der Waals surface area contributed by atoms with Gasteiger partial charge in [0.05, 0.1) is 23.2 Å². The van der Waals surface area contributed by atoms with E-state index in [1.54, 1.807) is 24.2 Å². The van der Waals surface area contributed by atoms with Crippen molar-refractivity contribution in [1.82, 2.24) is 13.9 Å². The Labute approximate surface area is 177 Å². The molecule has 0 atom stereocenters. The molecule has 0 saturated heterocycles. The number of nitrogens with zero attached hydrogens (tertiary/aromatic N) is 2. The van der Waals surface area contributed by atoms with Crippen LogP contribution in [0.1, 0.15) is 16.8 Å². The van der Waals surface area contributed by atoms with Crippen molar-refractivity contribution in [1.29, 1.82) is 0 Å². The minimum Gasteiger partial charge on any atom is -0.496 e. The van der Waals surface area contributed by atoms with Crippen LogP contribution in [0.4, 0.5) is 13.2 Å². The average Bonchev–Trinajstić information content (AvgIpc) is 3.13. The van der Waals surface area contributed by atoms with Gasteiger partial charge in [0.1, 0.15) is 11.4 Å². The molecule has 0 aliphatic carbocycles.